The van der Waals surface area contributed by atoms with Crippen LogP contribution in [0.5, 0.6) is 0 Å². The van der Waals surface area contributed by atoms with Crippen molar-refractivity contribution >= 4 is 45.4 Å². The summed E-state index contributed by atoms with van der Waals surface area (Å²) in [5.74, 6) is -1.21. The van der Waals surface area contributed by atoms with Gasteiger partial charge >= 0.3 is 12.1 Å². The van der Waals surface area contributed by atoms with Gasteiger partial charge in [-0.2, -0.15) is 0 Å². The van der Waals surface area contributed by atoms with Crippen LogP contribution in [0.15, 0.2) is 41.0 Å². The summed E-state index contributed by atoms with van der Waals surface area (Å²) in [6, 6.07) is 8.19. The Hall–Kier alpha value is -3.14. The molecule has 2 amide bonds. The molecule has 30 heavy (non-hydrogen) atoms. The minimum absolute atomic E-state index is 0.0202. The molecule has 2 N–H and O–H groups in total. The second kappa shape index (κ2) is 9.57. The maximum Gasteiger partial charge on any atom is 0.409 e. The van der Waals surface area contributed by atoms with Crippen LogP contribution >= 0.6 is 15.9 Å². The second-order valence-corrected chi connectivity index (χ2v) is 7.45. The van der Waals surface area contributed by atoms with Crippen LogP contribution in [-0.2, 0) is 4.74 Å². The van der Waals surface area contributed by atoms with E-state index in [2.05, 4.69) is 26.2 Å². The molecule has 1 fully saturated rings. The standard InChI is InChI=1S/C20H21BrN4O5/c1-2-30-20(29)25-9-7-24(8-10-25)17-16(19(27)28)11-15(12-22-17)23-18(26)13-3-5-14(21)6-4-13/h3-6,11-12H,2,7-10H2,1H3,(H,23,26)(H,27,28). The van der Waals surface area contributed by atoms with Gasteiger partial charge in [-0.15, -0.1) is 0 Å². The van der Waals surface area contributed by atoms with Crippen LogP contribution < -0.4 is 10.2 Å². The molecule has 158 valence electrons. The van der Waals surface area contributed by atoms with E-state index in [4.69, 9.17) is 4.74 Å². The number of nitrogens with zero attached hydrogens (tertiary/aromatic N) is 3. The number of amides is 2. The number of benzene rings is 1. The molecule has 2 aromatic rings. The number of nitrogens with one attached hydrogen (secondary N) is 1. The average Bonchev–Trinajstić information content (AvgIpc) is 2.74. The van der Waals surface area contributed by atoms with Crippen LogP contribution in [0, 0.1) is 0 Å². The number of carbonyl (C=O) groups is 3. The zero-order chi connectivity index (χ0) is 21.7. The van der Waals surface area contributed by atoms with E-state index in [1.54, 1.807) is 41.0 Å². The maximum absolute atomic E-state index is 12.4. The molecule has 1 aliphatic heterocycles. The first-order valence-corrected chi connectivity index (χ1v) is 10.1. The van der Waals surface area contributed by atoms with E-state index >= 15 is 0 Å². The van der Waals surface area contributed by atoms with Crippen molar-refractivity contribution in [2.45, 2.75) is 6.92 Å². The molecule has 3 rings (SSSR count). The predicted octanol–water partition coefficient (Wildman–Crippen LogP) is 3.07. The van der Waals surface area contributed by atoms with Gasteiger partial charge in [0.05, 0.1) is 18.5 Å². The van der Waals surface area contributed by atoms with Crippen molar-refractivity contribution in [1.29, 1.82) is 0 Å². The van der Waals surface area contributed by atoms with E-state index in [9.17, 15) is 19.5 Å². The lowest BCUT2D eigenvalue weighted by atomic mass is 10.2. The first-order chi connectivity index (χ1) is 14.4. The summed E-state index contributed by atoms with van der Waals surface area (Å²) in [5, 5.41) is 12.3. The lowest BCUT2D eigenvalue weighted by Gasteiger charge is -2.35. The van der Waals surface area contributed by atoms with Crippen molar-refractivity contribution in [3.8, 4) is 0 Å². The van der Waals surface area contributed by atoms with Gasteiger partial charge in [-0.05, 0) is 37.3 Å². The fourth-order valence-corrected chi connectivity index (χ4v) is 3.32. The third-order valence-electron chi connectivity index (χ3n) is 4.57. The SMILES string of the molecule is CCOC(=O)N1CCN(c2ncc(NC(=O)c3ccc(Br)cc3)cc2C(=O)O)CC1. The van der Waals surface area contributed by atoms with Crippen molar-refractivity contribution in [2.24, 2.45) is 0 Å². The van der Waals surface area contributed by atoms with Gasteiger partial charge < -0.3 is 25.0 Å². The normalized spacial score (nSPS) is 13.7. The van der Waals surface area contributed by atoms with Crippen molar-refractivity contribution < 1.29 is 24.2 Å². The van der Waals surface area contributed by atoms with Gasteiger partial charge in [0.25, 0.3) is 5.91 Å². The minimum atomic E-state index is -1.15. The number of aromatic nitrogens is 1. The first kappa shape index (κ1) is 21.6. The van der Waals surface area contributed by atoms with Crippen LogP contribution in [0.1, 0.15) is 27.6 Å². The number of ether oxygens (including phenoxy) is 1. The number of carbonyl (C=O) groups excluding carboxylic acids is 2. The number of anilines is 2. The Labute approximate surface area is 181 Å². The molecule has 1 saturated heterocycles. The Morgan fingerprint density at radius 2 is 1.83 bits per heavy atom. The summed E-state index contributed by atoms with van der Waals surface area (Å²) in [6.07, 6.45) is 1.05. The number of piperazine rings is 1. The Balaban J connectivity index is 1.73. The van der Waals surface area contributed by atoms with Crippen LogP contribution in [0.4, 0.5) is 16.3 Å². The molecule has 0 aliphatic carbocycles. The van der Waals surface area contributed by atoms with E-state index in [0.717, 1.165) is 4.47 Å². The summed E-state index contributed by atoms with van der Waals surface area (Å²) in [4.78, 5) is 43.7. The first-order valence-electron chi connectivity index (χ1n) is 9.36. The van der Waals surface area contributed by atoms with Crippen LogP contribution in [0.25, 0.3) is 0 Å². The molecule has 0 atom stereocenters. The van der Waals surface area contributed by atoms with Crippen molar-refractivity contribution in [3.63, 3.8) is 0 Å². The molecule has 1 aliphatic rings. The fraction of sp³-hybridized carbons (Fsp3) is 0.300. The van der Waals surface area contributed by atoms with Gasteiger partial charge in [-0.1, -0.05) is 15.9 Å². The van der Waals surface area contributed by atoms with Gasteiger partial charge in [-0.3, -0.25) is 4.79 Å². The minimum Gasteiger partial charge on any atom is -0.478 e. The van der Waals surface area contributed by atoms with E-state index in [-0.39, 0.29) is 23.3 Å². The molecule has 1 aromatic carbocycles. The highest BCUT2D eigenvalue weighted by atomic mass is 79.9. The number of pyridine rings is 1. The molecule has 0 unspecified atom stereocenters. The Kier molecular flexibility index (Phi) is 6.88. The van der Waals surface area contributed by atoms with Crippen LogP contribution in [0.3, 0.4) is 0 Å². The van der Waals surface area contributed by atoms with Gasteiger partial charge in [-0.25, -0.2) is 14.6 Å². The summed E-state index contributed by atoms with van der Waals surface area (Å²) >= 11 is 3.31. The Bertz CT molecular complexity index is 943. The van der Waals surface area contributed by atoms with Gasteiger partial charge in [0.1, 0.15) is 11.4 Å². The van der Waals surface area contributed by atoms with Crippen molar-refractivity contribution in [1.82, 2.24) is 9.88 Å². The molecule has 0 saturated carbocycles. The third-order valence-corrected chi connectivity index (χ3v) is 5.10. The van der Waals surface area contributed by atoms with E-state index in [0.29, 0.717) is 44.2 Å². The molecule has 0 radical (unpaired) electrons. The zero-order valence-corrected chi connectivity index (χ0v) is 17.9. The zero-order valence-electron chi connectivity index (χ0n) is 16.3. The summed E-state index contributed by atoms with van der Waals surface area (Å²) in [5.41, 5.74) is 0.705. The number of carboxylic acids is 1. The maximum atomic E-state index is 12.4. The highest BCUT2D eigenvalue weighted by molar-refractivity contribution is 9.10. The van der Waals surface area contributed by atoms with Gasteiger partial charge in [0.2, 0.25) is 0 Å². The number of hydrogen-bond donors (Lipinski definition) is 2. The number of rotatable bonds is 5. The number of hydrogen-bond acceptors (Lipinski definition) is 6. The van der Waals surface area contributed by atoms with Crippen LogP contribution in [0.2, 0.25) is 0 Å². The molecular formula is C20H21BrN4O5. The lowest BCUT2D eigenvalue weighted by molar-refractivity contribution is 0.0695. The topological polar surface area (TPSA) is 112 Å². The molecule has 9 nitrogen and oxygen atoms in total. The molecule has 0 bridgehead atoms. The molecular weight excluding hydrogens is 456 g/mol. The van der Waals surface area contributed by atoms with Gasteiger partial charge in [0, 0.05) is 36.2 Å². The van der Waals surface area contributed by atoms with Gasteiger partial charge in [0.15, 0.2) is 0 Å². The number of carboxylic acid groups (broad SMARTS) is 1. The molecule has 1 aromatic heterocycles. The highest BCUT2D eigenvalue weighted by Crippen LogP contribution is 2.23. The monoisotopic (exact) mass is 476 g/mol. The average molecular weight is 477 g/mol. The molecule has 10 heteroatoms. The van der Waals surface area contributed by atoms with Crippen LogP contribution in [-0.4, -0.2) is 65.7 Å². The van der Waals surface area contributed by atoms with Crippen molar-refractivity contribution in [3.05, 3.63) is 52.1 Å². The quantitative estimate of drug-likeness (QED) is 0.681. The molecule has 2 heterocycles. The lowest BCUT2D eigenvalue weighted by Crippen LogP contribution is -2.49. The second-order valence-electron chi connectivity index (χ2n) is 6.53. The van der Waals surface area contributed by atoms with Crippen molar-refractivity contribution in [2.75, 3.05) is 43.0 Å². The Morgan fingerprint density at radius 1 is 1.17 bits per heavy atom. The smallest absolute Gasteiger partial charge is 0.409 e. The van der Waals surface area contributed by atoms with E-state index < -0.39 is 5.97 Å². The summed E-state index contributed by atoms with van der Waals surface area (Å²) in [6.45, 7) is 3.71. The predicted molar refractivity (Wildman–Crippen MR) is 114 cm³/mol. The highest BCUT2D eigenvalue weighted by Gasteiger charge is 2.26. The largest absolute Gasteiger partial charge is 0.478 e. The summed E-state index contributed by atoms with van der Waals surface area (Å²) < 4.78 is 5.84. The summed E-state index contributed by atoms with van der Waals surface area (Å²) in [7, 11) is 0. The molecule has 0 spiro atoms. The number of halogens is 1. The third kappa shape index (κ3) is 5.07. The van der Waals surface area contributed by atoms with E-state index in [1.807, 2.05) is 0 Å². The number of aromatic carboxylic acids is 1. The van der Waals surface area contributed by atoms with E-state index in [1.165, 1.54) is 12.3 Å². The Morgan fingerprint density at radius 3 is 2.43 bits per heavy atom. The fourth-order valence-electron chi connectivity index (χ4n) is 3.06.